The summed E-state index contributed by atoms with van der Waals surface area (Å²) in [5, 5.41) is 7.06. The molecule has 134 valence electrons. The third-order valence-electron chi connectivity index (χ3n) is 4.32. The van der Waals surface area contributed by atoms with Gasteiger partial charge in [0.15, 0.2) is 5.82 Å². The molecule has 1 N–H and O–H groups in total. The van der Waals surface area contributed by atoms with E-state index in [-0.39, 0.29) is 12.0 Å². The normalized spacial score (nSPS) is 17.2. The zero-order valence-electron chi connectivity index (χ0n) is 14.9. The van der Waals surface area contributed by atoms with Crippen LogP contribution in [0.2, 0.25) is 0 Å². The van der Waals surface area contributed by atoms with Crippen molar-refractivity contribution in [1.82, 2.24) is 14.7 Å². The number of aromatic nitrogens is 2. The van der Waals surface area contributed by atoms with Gasteiger partial charge in [-0.2, -0.15) is 5.10 Å². The second kappa shape index (κ2) is 8.27. The lowest BCUT2D eigenvalue weighted by molar-refractivity contribution is -0.117. The zero-order valence-corrected chi connectivity index (χ0v) is 14.9. The fourth-order valence-electron chi connectivity index (χ4n) is 3.20. The molecule has 25 heavy (non-hydrogen) atoms. The first kappa shape index (κ1) is 17.6. The highest BCUT2D eigenvalue weighted by Gasteiger charge is 2.21. The average Bonchev–Trinajstić information content (AvgIpc) is 3.19. The van der Waals surface area contributed by atoms with Gasteiger partial charge in [0.1, 0.15) is 0 Å². The number of carbonyl (C=O) groups is 1. The fourth-order valence-corrected chi connectivity index (χ4v) is 3.20. The number of rotatable bonds is 7. The average molecular weight is 342 g/mol. The summed E-state index contributed by atoms with van der Waals surface area (Å²) in [6.07, 6.45) is 4.19. The molecule has 1 aromatic carbocycles. The van der Waals surface area contributed by atoms with Gasteiger partial charge in [-0.3, -0.25) is 14.4 Å². The first-order valence-corrected chi connectivity index (χ1v) is 8.77. The maximum Gasteiger partial charge on any atom is 0.239 e. The number of amides is 1. The molecule has 6 nitrogen and oxygen atoms in total. The van der Waals surface area contributed by atoms with Crippen LogP contribution in [0.15, 0.2) is 36.5 Å². The Morgan fingerprint density at radius 2 is 2.32 bits per heavy atom. The smallest absolute Gasteiger partial charge is 0.239 e. The topological polar surface area (TPSA) is 59.4 Å². The molecule has 0 spiro atoms. The van der Waals surface area contributed by atoms with Gasteiger partial charge in [-0.15, -0.1) is 0 Å². The predicted octanol–water partition coefficient (Wildman–Crippen LogP) is 2.35. The highest BCUT2D eigenvalue weighted by Crippen LogP contribution is 2.16. The maximum atomic E-state index is 12.4. The molecule has 2 aromatic rings. The van der Waals surface area contributed by atoms with Gasteiger partial charge in [0.05, 0.1) is 12.6 Å². The van der Waals surface area contributed by atoms with E-state index in [1.807, 2.05) is 13.2 Å². The number of nitrogens with one attached hydrogen (secondary N) is 1. The van der Waals surface area contributed by atoms with Gasteiger partial charge in [0.2, 0.25) is 5.91 Å². The first-order valence-electron chi connectivity index (χ1n) is 8.77. The van der Waals surface area contributed by atoms with Gasteiger partial charge in [0.25, 0.3) is 0 Å². The molecule has 6 heteroatoms. The molecule has 2 heterocycles. The van der Waals surface area contributed by atoms with Crippen molar-refractivity contribution in [3.8, 4) is 0 Å². The van der Waals surface area contributed by atoms with E-state index < -0.39 is 0 Å². The minimum Gasteiger partial charge on any atom is -0.377 e. The lowest BCUT2D eigenvalue weighted by atomic mass is 10.1. The molecular formula is C19H26N4O2. The summed E-state index contributed by atoms with van der Waals surface area (Å²) in [7, 11) is 1.83. The van der Waals surface area contributed by atoms with Crippen molar-refractivity contribution in [1.29, 1.82) is 0 Å². The largest absolute Gasteiger partial charge is 0.377 e. The molecule has 1 saturated heterocycles. The highest BCUT2D eigenvalue weighted by molar-refractivity contribution is 5.91. The number of ether oxygens (including phenoxy) is 1. The number of aryl methyl sites for hydroxylation is 2. The Hall–Kier alpha value is -2.18. The number of nitrogens with zero attached hydrogens (tertiary/aromatic N) is 3. The van der Waals surface area contributed by atoms with Crippen LogP contribution in [0.4, 0.5) is 5.82 Å². The number of anilines is 1. The summed E-state index contributed by atoms with van der Waals surface area (Å²) in [6.45, 7) is 4.73. The Kier molecular flexibility index (Phi) is 5.83. The van der Waals surface area contributed by atoms with Crippen molar-refractivity contribution in [2.24, 2.45) is 7.05 Å². The molecule has 0 saturated carbocycles. The van der Waals surface area contributed by atoms with E-state index in [2.05, 4.69) is 46.5 Å². The minimum absolute atomic E-state index is 0.0515. The molecule has 1 aliphatic rings. The zero-order chi connectivity index (χ0) is 17.6. The van der Waals surface area contributed by atoms with Gasteiger partial charge in [-0.05, 0) is 25.3 Å². The second-order valence-corrected chi connectivity index (χ2v) is 6.72. The predicted molar refractivity (Wildman–Crippen MR) is 97.3 cm³/mol. The van der Waals surface area contributed by atoms with Crippen LogP contribution in [-0.4, -0.2) is 46.4 Å². The third-order valence-corrected chi connectivity index (χ3v) is 4.32. The van der Waals surface area contributed by atoms with Gasteiger partial charge in [-0.1, -0.05) is 29.8 Å². The van der Waals surface area contributed by atoms with E-state index in [1.165, 1.54) is 11.1 Å². The molecule has 1 aromatic heterocycles. The van der Waals surface area contributed by atoms with Crippen LogP contribution in [0, 0.1) is 6.92 Å². The molecule has 1 fully saturated rings. The molecule has 0 radical (unpaired) electrons. The molecule has 1 aliphatic heterocycles. The van der Waals surface area contributed by atoms with Crippen molar-refractivity contribution in [3.63, 3.8) is 0 Å². The summed E-state index contributed by atoms with van der Waals surface area (Å²) in [6, 6.07) is 10.2. The number of hydrogen-bond acceptors (Lipinski definition) is 4. The maximum absolute atomic E-state index is 12.4. The van der Waals surface area contributed by atoms with E-state index in [9.17, 15) is 4.79 Å². The molecule has 0 aliphatic carbocycles. The summed E-state index contributed by atoms with van der Waals surface area (Å²) < 4.78 is 7.43. The summed E-state index contributed by atoms with van der Waals surface area (Å²) in [5.74, 6) is 0.532. The van der Waals surface area contributed by atoms with E-state index >= 15 is 0 Å². The monoisotopic (exact) mass is 342 g/mol. The highest BCUT2D eigenvalue weighted by atomic mass is 16.5. The molecular weight excluding hydrogens is 316 g/mol. The van der Waals surface area contributed by atoms with Crippen LogP contribution >= 0.6 is 0 Å². The van der Waals surface area contributed by atoms with Gasteiger partial charge in [-0.25, -0.2) is 0 Å². The van der Waals surface area contributed by atoms with Crippen molar-refractivity contribution in [2.45, 2.75) is 32.4 Å². The quantitative estimate of drug-likeness (QED) is 0.839. The third kappa shape index (κ3) is 5.41. The minimum atomic E-state index is -0.0515. The lowest BCUT2D eigenvalue weighted by Crippen LogP contribution is -2.38. The van der Waals surface area contributed by atoms with Gasteiger partial charge >= 0.3 is 0 Å². The SMILES string of the molecule is Cc1cccc(CN(CC(=O)Nc2ccn(C)n2)C[C@@H]2CCCO2)c1. The van der Waals surface area contributed by atoms with E-state index in [0.717, 1.165) is 32.5 Å². The van der Waals surface area contributed by atoms with Gasteiger partial charge < -0.3 is 10.1 Å². The fraction of sp³-hybridized carbons (Fsp3) is 0.474. The van der Waals surface area contributed by atoms with Crippen molar-refractivity contribution in [3.05, 3.63) is 47.7 Å². The Morgan fingerprint density at radius 1 is 1.44 bits per heavy atom. The van der Waals surface area contributed by atoms with Crippen LogP contribution in [-0.2, 0) is 23.1 Å². The lowest BCUT2D eigenvalue weighted by Gasteiger charge is -2.24. The molecule has 0 unspecified atom stereocenters. The van der Waals surface area contributed by atoms with Crippen LogP contribution < -0.4 is 5.32 Å². The Balaban J connectivity index is 1.63. The number of carbonyl (C=O) groups excluding carboxylic acids is 1. The van der Waals surface area contributed by atoms with Crippen LogP contribution in [0.3, 0.4) is 0 Å². The molecule has 1 atom stereocenters. The Bertz CT molecular complexity index is 707. The van der Waals surface area contributed by atoms with Gasteiger partial charge in [0, 0.05) is 39.0 Å². The van der Waals surface area contributed by atoms with Crippen molar-refractivity contribution >= 4 is 11.7 Å². The van der Waals surface area contributed by atoms with Crippen molar-refractivity contribution in [2.75, 3.05) is 25.0 Å². The second-order valence-electron chi connectivity index (χ2n) is 6.72. The first-order chi connectivity index (χ1) is 12.1. The van der Waals surface area contributed by atoms with E-state index in [1.54, 1.807) is 10.7 Å². The standard InChI is InChI=1S/C19H26N4O2/c1-15-5-3-6-16(11-15)12-23(13-17-7-4-10-25-17)14-19(24)20-18-8-9-22(2)21-18/h3,5-6,8-9,11,17H,4,7,10,12-14H2,1-2H3,(H,20,21,24)/t17-/m0/s1. The number of hydrogen-bond donors (Lipinski definition) is 1. The number of benzene rings is 1. The Morgan fingerprint density at radius 3 is 3.00 bits per heavy atom. The van der Waals surface area contributed by atoms with Crippen LogP contribution in [0.1, 0.15) is 24.0 Å². The Labute approximate surface area is 148 Å². The van der Waals surface area contributed by atoms with E-state index in [0.29, 0.717) is 12.4 Å². The summed E-state index contributed by atoms with van der Waals surface area (Å²) in [5.41, 5.74) is 2.44. The molecule has 3 rings (SSSR count). The van der Waals surface area contributed by atoms with Crippen molar-refractivity contribution < 1.29 is 9.53 Å². The molecule has 1 amide bonds. The van der Waals surface area contributed by atoms with Crippen LogP contribution in [0.25, 0.3) is 0 Å². The summed E-state index contributed by atoms with van der Waals surface area (Å²) in [4.78, 5) is 14.6. The molecule has 0 bridgehead atoms. The van der Waals surface area contributed by atoms with Crippen LogP contribution in [0.5, 0.6) is 0 Å². The van der Waals surface area contributed by atoms with E-state index in [4.69, 9.17) is 4.74 Å². The summed E-state index contributed by atoms with van der Waals surface area (Å²) >= 11 is 0.